The van der Waals surface area contributed by atoms with E-state index in [1.54, 1.807) is 29.3 Å². The molecule has 152 valence electrons. The number of nitrogens with one attached hydrogen (secondary N) is 1. The highest BCUT2D eigenvalue weighted by molar-refractivity contribution is 7.90. The standard InChI is InChI=1S/C21H24N4O3S/c1-3-25(16-12-10-15(2)11-13-16)22-21(26)18-8-6-14-24(18)20-17-7-4-5-9-19(17)29(27,28)23-20/h4-5,7,9-13,18H,3,6,8,14H2,1-2H3,(H,22,26)/t18-/m0/s1. The first-order chi connectivity index (χ1) is 13.9. The van der Waals surface area contributed by atoms with Crippen molar-refractivity contribution in [1.82, 2.24) is 10.3 Å². The molecule has 1 amide bonds. The van der Waals surface area contributed by atoms with Gasteiger partial charge < -0.3 is 4.90 Å². The van der Waals surface area contributed by atoms with Gasteiger partial charge in [0.15, 0.2) is 5.84 Å². The number of carbonyl (C=O) groups excluding carboxylic acids is 1. The Morgan fingerprint density at radius 1 is 1.21 bits per heavy atom. The molecule has 1 atom stereocenters. The highest BCUT2D eigenvalue weighted by Gasteiger charge is 2.39. The average molecular weight is 413 g/mol. The minimum absolute atomic E-state index is 0.158. The second-order valence-corrected chi connectivity index (χ2v) is 8.87. The predicted octanol–water partition coefficient (Wildman–Crippen LogP) is 2.47. The largest absolute Gasteiger partial charge is 0.343 e. The maximum atomic E-state index is 13.1. The van der Waals surface area contributed by atoms with E-state index in [1.165, 1.54) is 0 Å². The fraction of sp³-hybridized carbons (Fsp3) is 0.333. The highest BCUT2D eigenvalue weighted by Crippen LogP contribution is 2.31. The first kappa shape index (κ1) is 19.4. The van der Waals surface area contributed by atoms with Gasteiger partial charge >= 0.3 is 0 Å². The summed E-state index contributed by atoms with van der Waals surface area (Å²) in [7, 11) is -3.71. The summed E-state index contributed by atoms with van der Waals surface area (Å²) in [5.74, 6) is 0.214. The lowest BCUT2D eigenvalue weighted by atomic mass is 10.1. The number of anilines is 1. The quantitative estimate of drug-likeness (QED) is 0.780. The minimum atomic E-state index is -3.71. The summed E-state index contributed by atoms with van der Waals surface area (Å²) in [4.78, 5) is 15.1. The molecule has 29 heavy (non-hydrogen) atoms. The molecule has 7 nitrogen and oxygen atoms in total. The maximum Gasteiger partial charge on any atom is 0.285 e. The van der Waals surface area contributed by atoms with Gasteiger partial charge in [0.1, 0.15) is 10.9 Å². The average Bonchev–Trinajstić information content (AvgIpc) is 3.30. The number of nitrogens with zero attached hydrogens (tertiary/aromatic N) is 3. The fourth-order valence-electron chi connectivity index (χ4n) is 3.85. The van der Waals surface area contributed by atoms with Gasteiger partial charge in [-0.25, -0.2) is 0 Å². The second-order valence-electron chi connectivity index (χ2n) is 7.29. The summed E-state index contributed by atoms with van der Waals surface area (Å²) in [6, 6.07) is 14.3. The third-order valence-corrected chi connectivity index (χ3v) is 6.67. The van der Waals surface area contributed by atoms with Gasteiger partial charge in [0, 0.05) is 18.7 Å². The number of likely N-dealkylation sites (tertiary alicyclic amines) is 1. The van der Waals surface area contributed by atoms with E-state index in [2.05, 4.69) is 9.82 Å². The number of aryl methyl sites for hydroxylation is 1. The molecule has 0 saturated carbocycles. The number of amidine groups is 1. The number of fused-ring (bicyclic) bond motifs is 1. The zero-order valence-corrected chi connectivity index (χ0v) is 17.3. The van der Waals surface area contributed by atoms with Gasteiger partial charge in [-0.15, -0.1) is 4.40 Å². The molecule has 0 bridgehead atoms. The van der Waals surface area contributed by atoms with Crippen LogP contribution >= 0.6 is 0 Å². The molecule has 2 aliphatic heterocycles. The molecule has 1 saturated heterocycles. The topological polar surface area (TPSA) is 82.1 Å². The Bertz CT molecular complexity index is 1060. The molecule has 0 unspecified atom stereocenters. The second kappa shape index (κ2) is 7.51. The van der Waals surface area contributed by atoms with Crippen LogP contribution in [0.15, 0.2) is 57.8 Å². The van der Waals surface area contributed by atoms with E-state index in [0.717, 1.165) is 17.7 Å². The lowest BCUT2D eigenvalue weighted by molar-refractivity contribution is -0.124. The van der Waals surface area contributed by atoms with Crippen LogP contribution in [0.5, 0.6) is 0 Å². The zero-order valence-electron chi connectivity index (χ0n) is 16.5. The Morgan fingerprint density at radius 2 is 1.93 bits per heavy atom. The van der Waals surface area contributed by atoms with Gasteiger partial charge in [-0.3, -0.25) is 15.2 Å². The molecule has 1 N–H and O–H groups in total. The lowest BCUT2D eigenvalue weighted by Crippen LogP contribution is -2.52. The van der Waals surface area contributed by atoms with Crippen molar-refractivity contribution in [3.63, 3.8) is 0 Å². The van der Waals surface area contributed by atoms with Gasteiger partial charge in [0.25, 0.3) is 15.9 Å². The maximum absolute atomic E-state index is 13.1. The molecular weight excluding hydrogens is 388 g/mol. The van der Waals surface area contributed by atoms with Crippen molar-refractivity contribution >= 4 is 27.5 Å². The van der Waals surface area contributed by atoms with Crippen LogP contribution in [0.3, 0.4) is 0 Å². The molecule has 0 aromatic heterocycles. The lowest BCUT2D eigenvalue weighted by Gasteiger charge is -2.30. The summed E-state index contributed by atoms with van der Waals surface area (Å²) in [5, 5.41) is 1.80. The molecule has 0 spiro atoms. The molecule has 2 aromatic carbocycles. The predicted molar refractivity (Wildman–Crippen MR) is 112 cm³/mol. The summed E-state index contributed by atoms with van der Waals surface area (Å²) >= 11 is 0. The monoisotopic (exact) mass is 412 g/mol. The normalized spacial score (nSPS) is 19.6. The van der Waals surface area contributed by atoms with Crippen LogP contribution in [0.2, 0.25) is 0 Å². The van der Waals surface area contributed by atoms with E-state index in [1.807, 2.05) is 43.0 Å². The molecule has 4 rings (SSSR count). The number of hydrazine groups is 1. The number of hydrogen-bond acceptors (Lipinski definition) is 5. The van der Waals surface area contributed by atoms with Crippen molar-refractivity contribution in [1.29, 1.82) is 0 Å². The van der Waals surface area contributed by atoms with Gasteiger partial charge in [-0.2, -0.15) is 8.42 Å². The van der Waals surface area contributed by atoms with Crippen molar-refractivity contribution in [2.24, 2.45) is 4.40 Å². The van der Waals surface area contributed by atoms with Crippen molar-refractivity contribution in [2.45, 2.75) is 37.6 Å². The Kier molecular flexibility index (Phi) is 5.04. The number of carbonyl (C=O) groups is 1. The SMILES string of the molecule is CCN(NC(=O)[C@@H]1CCCN1C1=NS(=O)(=O)c2ccccc21)c1ccc(C)cc1. The molecular formula is C21H24N4O3S. The molecule has 8 heteroatoms. The minimum Gasteiger partial charge on any atom is -0.343 e. The number of benzene rings is 2. The van der Waals surface area contributed by atoms with Crippen molar-refractivity contribution in [3.8, 4) is 0 Å². The Morgan fingerprint density at radius 3 is 2.66 bits per heavy atom. The Balaban J connectivity index is 1.57. The van der Waals surface area contributed by atoms with E-state index >= 15 is 0 Å². The number of rotatable bonds is 4. The van der Waals surface area contributed by atoms with E-state index in [0.29, 0.717) is 30.9 Å². The summed E-state index contributed by atoms with van der Waals surface area (Å²) in [6.07, 6.45) is 1.45. The van der Waals surface area contributed by atoms with Crippen molar-refractivity contribution in [3.05, 3.63) is 59.7 Å². The van der Waals surface area contributed by atoms with E-state index in [-0.39, 0.29) is 10.8 Å². The molecule has 1 fully saturated rings. The highest BCUT2D eigenvalue weighted by atomic mass is 32.2. The van der Waals surface area contributed by atoms with Crippen LogP contribution in [0, 0.1) is 6.92 Å². The van der Waals surface area contributed by atoms with Crippen LogP contribution in [0.4, 0.5) is 5.69 Å². The zero-order chi connectivity index (χ0) is 20.6. The van der Waals surface area contributed by atoms with Crippen LogP contribution in [-0.2, 0) is 14.8 Å². The number of sulfonamides is 1. The van der Waals surface area contributed by atoms with Gasteiger partial charge in [0.2, 0.25) is 0 Å². The first-order valence-electron chi connectivity index (χ1n) is 9.76. The van der Waals surface area contributed by atoms with Gasteiger partial charge in [0.05, 0.1) is 5.69 Å². The van der Waals surface area contributed by atoms with E-state index < -0.39 is 16.1 Å². The molecule has 0 radical (unpaired) electrons. The first-order valence-corrected chi connectivity index (χ1v) is 11.2. The Labute approximate surface area is 171 Å². The fourth-order valence-corrected chi connectivity index (χ4v) is 5.06. The molecule has 2 heterocycles. The van der Waals surface area contributed by atoms with Crippen LogP contribution in [0.1, 0.15) is 30.9 Å². The smallest absolute Gasteiger partial charge is 0.285 e. The molecule has 2 aromatic rings. The number of amides is 1. The van der Waals surface area contributed by atoms with E-state index in [4.69, 9.17) is 0 Å². The Hall–Kier alpha value is -2.87. The van der Waals surface area contributed by atoms with Crippen LogP contribution < -0.4 is 10.4 Å². The summed E-state index contributed by atoms with van der Waals surface area (Å²) in [5.41, 5.74) is 5.61. The number of hydrogen-bond donors (Lipinski definition) is 1. The van der Waals surface area contributed by atoms with Crippen LogP contribution in [0.25, 0.3) is 0 Å². The third-order valence-electron chi connectivity index (χ3n) is 5.35. The van der Waals surface area contributed by atoms with Crippen LogP contribution in [-0.4, -0.2) is 44.2 Å². The van der Waals surface area contributed by atoms with Gasteiger partial charge in [-0.1, -0.05) is 29.8 Å². The summed E-state index contributed by atoms with van der Waals surface area (Å²) in [6.45, 7) is 5.19. The third kappa shape index (κ3) is 3.60. The van der Waals surface area contributed by atoms with Gasteiger partial charge in [-0.05, 0) is 51.0 Å². The van der Waals surface area contributed by atoms with Crippen molar-refractivity contribution < 1.29 is 13.2 Å². The van der Waals surface area contributed by atoms with E-state index in [9.17, 15) is 13.2 Å². The molecule has 2 aliphatic rings. The molecule has 0 aliphatic carbocycles. The van der Waals surface area contributed by atoms with Crippen molar-refractivity contribution in [2.75, 3.05) is 18.1 Å². The summed E-state index contributed by atoms with van der Waals surface area (Å²) < 4.78 is 28.8.